The summed E-state index contributed by atoms with van der Waals surface area (Å²) in [7, 11) is 0. The standard InChI is InChI=1S/C16H25NO/c1-12-9-13(2)11-14(10-12)15(18)5-6-16(3,4)7-8-17/h9-11H,5-8,17H2,1-4H3. The van der Waals surface area contributed by atoms with Crippen molar-refractivity contribution in [3.05, 3.63) is 34.9 Å². The van der Waals surface area contributed by atoms with Crippen molar-refractivity contribution in [1.82, 2.24) is 0 Å². The number of carbonyl (C=O) groups excluding carboxylic acids is 1. The Hall–Kier alpha value is -1.15. The summed E-state index contributed by atoms with van der Waals surface area (Å²) in [6, 6.07) is 6.05. The molecule has 2 N–H and O–H groups in total. The summed E-state index contributed by atoms with van der Waals surface area (Å²) in [5.41, 5.74) is 8.89. The SMILES string of the molecule is Cc1cc(C)cc(C(=O)CCC(C)(C)CCN)c1. The van der Waals surface area contributed by atoms with Crippen LogP contribution in [0.25, 0.3) is 0 Å². The van der Waals surface area contributed by atoms with E-state index in [9.17, 15) is 4.79 Å². The molecule has 0 radical (unpaired) electrons. The van der Waals surface area contributed by atoms with Gasteiger partial charge in [0.25, 0.3) is 0 Å². The lowest BCUT2D eigenvalue weighted by Gasteiger charge is -2.23. The first-order valence-electron chi connectivity index (χ1n) is 6.66. The molecule has 1 rings (SSSR count). The third kappa shape index (κ3) is 4.61. The summed E-state index contributed by atoms with van der Waals surface area (Å²) in [5, 5.41) is 0. The van der Waals surface area contributed by atoms with E-state index in [1.165, 1.54) is 0 Å². The molecule has 1 aromatic rings. The van der Waals surface area contributed by atoms with E-state index in [1.54, 1.807) is 0 Å². The number of nitrogens with two attached hydrogens (primary N) is 1. The number of hydrogen-bond donors (Lipinski definition) is 1. The molecule has 0 spiro atoms. The molecule has 0 aliphatic heterocycles. The minimum Gasteiger partial charge on any atom is -0.330 e. The van der Waals surface area contributed by atoms with Gasteiger partial charge >= 0.3 is 0 Å². The summed E-state index contributed by atoms with van der Waals surface area (Å²) in [5.74, 6) is 0.242. The van der Waals surface area contributed by atoms with E-state index in [-0.39, 0.29) is 11.2 Å². The molecule has 100 valence electrons. The molecule has 0 saturated carbocycles. The molecule has 0 amide bonds. The molecule has 0 aliphatic carbocycles. The molecule has 0 aromatic heterocycles. The molecule has 2 heteroatoms. The van der Waals surface area contributed by atoms with Crippen molar-refractivity contribution in [2.75, 3.05) is 6.54 Å². The van der Waals surface area contributed by atoms with Crippen molar-refractivity contribution in [3.63, 3.8) is 0 Å². The van der Waals surface area contributed by atoms with Crippen LogP contribution in [0, 0.1) is 19.3 Å². The lowest BCUT2D eigenvalue weighted by Crippen LogP contribution is -2.18. The van der Waals surface area contributed by atoms with Gasteiger partial charge in [0.15, 0.2) is 5.78 Å². The maximum absolute atomic E-state index is 12.2. The highest BCUT2D eigenvalue weighted by atomic mass is 16.1. The smallest absolute Gasteiger partial charge is 0.162 e. The quantitative estimate of drug-likeness (QED) is 0.780. The van der Waals surface area contributed by atoms with Crippen LogP contribution in [-0.4, -0.2) is 12.3 Å². The Morgan fingerprint density at radius 1 is 1.11 bits per heavy atom. The molecular formula is C16H25NO. The fourth-order valence-electron chi connectivity index (χ4n) is 2.25. The van der Waals surface area contributed by atoms with Crippen LogP contribution in [0.4, 0.5) is 0 Å². The van der Waals surface area contributed by atoms with Gasteiger partial charge in [-0.05, 0) is 50.8 Å². The van der Waals surface area contributed by atoms with Gasteiger partial charge in [-0.15, -0.1) is 0 Å². The lowest BCUT2D eigenvalue weighted by atomic mass is 9.83. The predicted molar refractivity (Wildman–Crippen MR) is 76.9 cm³/mol. The number of Topliss-reactive ketones (excluding diaryl/α,β-unsaturated/α-hetero) is 1. The molecule has 2 nitrogen and oxygen atoms in total. The first-order chi connectivity index (χ1) is 8.34. The maximum atomic E-state index is 12.2. The minimum absolute atomic E-state index is 0.156. The fourth-order valence-corrected chi connectivity index (χ4v) is 2.25. The van der Waals surface area contributed by atoms with Crippen LogP contribution >= 0.6 is 0 Å². The number of rotatable bonds is 6. The van der Waals surface area contributed by atoms with Gasteiger partial charge in [-0.3, -0.25) is 4.79 Å². The Morgan fingerprint density at radius 3 is 2.17 bits per heavy atom. The monoisotopic (exact) mass is 247 g/mol. The van der Waals surface area contributed by atoms with E-state index in [2.05, 4.69) is 19.9 Å². The second kappa shape index (κ2) is 6.14. The Balaban J connectivity index is 2.66. The van der Waals surface area contributed by atoms with Crippen molar-refractivity contribution in [1.29, 1.82) is 0 Å². The van der Waals surface area contributed by atoms with E-state index >= 15 is 0 Å². The van der Waals surface area contributed by atoms with Crippen molar-refractivity contribution < 1.29 is 4.79 Å². The number of aryl methyl sites for hydroxylation is 2. The van der Waals surface area contributed by atoms with Gasteiger partial charge in [0, 0.05) is 12.0 Å². The van der Waals surface area contributed by atoms with Crippen molar-refractivity contribution in [2.24, 2.45) is 11.1 Å². The average molecular weight is 247 g/mol. The largest absolute Gasteiger partial charge is 0.330 e. The lowest BCUT2D eigenvalue weighted by molar-refractivity contribution is 0.0961. The summed E-state index contributed by atoms with van der Waals surface area (Å²) in [4.78, 5) is 12.2. The Bertz CT molecular complexity index is 401. The zero-order valence-corrected chi connectivity index (χ0v) is 12.0. The van der Waals surface area contributed by atoms with Gasteiger partial charge in [-0.2, -0.15) is 0 Å². The van der Waals surface area contributed by atoms with Crippen LogP contribution in [-0.2, 0) is 0 Å². The maximum Gasteiger partial charge on any atom is 0.162 e. The van der Waals surface area contributed by atoms with Gasteiger partial charge < -0.3 is 5.73 Å². The molecule has 0 heterocycles. The van der Waals surface area contributed by atoms with E-state index < -0.39 is 0 Å². The molecule has 0 unspecified atom stereocenters. The molecule has 18 heavy (non-hydrogen) atoms. The van der Waals surface area contributed by atoms with Gasteiger partial charge in [-0.25, -0.2) is 0 Å². The molecule has 0 fully saturated rings. The summed E-state index contributed by atoms with van der Waals surface area (Å²) >= 11 is 0. The third-order valence-corrected chi connectivity index (χ3v) is 3.39. The van der Waals surface area contributed by atoms with Crippen LogP contribution in [0.2, 0.25) is 0 Å². The Morgan fingerprint density at radius 2 is 1.67 bits per heavy atom. The van der Waals surface area contributed by atoms with Gasteiger partial charge in [0.1, 0.15) is 0 Å². The van der Waals surface area contributed by atoms with Crippen LogP contribution < -0.4 is 5.73 Å². The van der Waals surface area contributed by atoms with E-state index in [0.717, 1.165) is 29.5 Å². The number of hydrogen-bond acceptors (Lipinski definition) is 2. The highest BCUT2D eigenvalue weighted by Gasteiger charge is 2.19. The normalized spacial score (nSPS) is 11.6. The Kier molecular flexibility index (Phi) is 5.09. The zero-order chi connectivity index (χ0) is 13.8. The highest BCUT2D eigenvalue weighted by molar-refractivity contribution is 5.96. The van der Waals surface area contributed by atoms with E-state index in [1.807, 2.05) is 26.0 Å². The third-order valence-electron chi connectivity index (χ3n) is 3.39. The highest BCUT2D eigenvalue weighted by Crippen LogP contribution is 2.27. The molecule has 0 bridgehead atoms. The van der Waals surface area contributed by atoms with Crippen LogP contribution in [0.5, 0.6) is 0 Å². The molecule has 0 aliphatic rings. The summed E-state index contributed by atoms with van der Waals surface area (Å²) < 4.78 is 0. The molecule has 1 aromatic carbocycles. The first kappa shape index (κ1) is 14.9. The predicted octanol–water partition coefficient (Wildman–Crippen LogP) is 3.64. The number of benzene rings is 1. The molecule has 0 saturated heterocycles. The molecular weight excluding hydrogens is 222 g/mol. The van der Waals surface area contributed by atoms with Crippen LogP contribution in [0.3, 0.4) is 0 Å². The topological polar surface area (TPSA) is 43.1 Å². The average Bonchev–Trinajstić information content (AvgIpc) is 2.24. The van der Waals surface area contributed by atoms with Crippen molar-refractivity contribution in [3.8, 4) is 0 Å². The fraction of sp³-hybridized carbons (Fsp3) is 0.562. The Labute approximate surface area is 111 Å². The second-order valence-corrected chi connectivity index (χ2v) is 6.00. The zero-order valence-electron chi connectivity index (χ0n) is 12.0. The van der Waals surface area contributed by atoms with E-state index in [4.69, 9.17) is 5.73 Å². The van der Waals surface area contributed by atoms with Crippen molar-refractivity contribution in [2.45, 2.75) is 47.0 Å². The van der Waals surface area contributed by atoms with Crippen LogP contribution in [0.15, 0.2) is 18.2 Å². The molecule has 0 atom stereocenters. The van der Waals surface area contributed by atoms with E-state index in [0.29, 0.717) is 13.0 Å². The number of carbonyl (C=O) groups is 1. The van der Waals surface area contributed by atoms with Gasteiger partial charge in [0.2, 0.25) is 0 Å². The summed E-state index contributed by atoms with van der Waals surface area (Å²) in [6.07, 6.45) is 2.47. The van der Waals surface area contributed by atoms with Gasteiger partial charge in [-0.1, -0.05) is 31.0 Å². The minimum atomic E-state index is 0.156. The number of ketones is 1. The van der Waals surface area contributed by atoms with Crippen LogP contribution in [0.1, 0.15) is 54.6 Å². The van der Waals surface area contributed by atoms with Crippen molar-refractivity contribution >= 4 is 5.78 Å². The summed E-state index contributed by atoms with van der Waals surface area (Å²) in [6.45, 7) is 9.10. The van der Waals surface area contributed by atoms with Gasteiger partial charge in [0.05, 0.1) is 0 Å². The second-order valence-electron chi connectivity index (χ2n) is 6.00. The first-order valence-corrected chi connectivity index (χ1v) is 6.66.